The van der Waals surface area contributed by atoms with Crippen molar-refractivity contribution in [2.24, 2.45) is 0 Å². The number of hydrogen-bond acceptors (Lipinski definition) is 3. The summed E-state index contributed by atoms with van der Waals surface area (Å²) < 4.78 is 0. The smallest absolute Gasteiger partial charge is 0.123 e. The van der Waals surface area contributed by atoms with Crippen LogP contribution in [0.4, 0.5) is 0 Å². The fourth-order valence-corrected chi connectivity index (χ4v) is 3.36. The molecule has 1 aliphatic heterocycles. The summed E-state index contributed by atoms with van der Waals surface area (Å²) in [4.78, 5) is 2.32. The molecular weight excluding hydrogens is 286 g/mol. The van der Waals surface area contributed by atoms with Gasteiger partial charge in [-0.1, -0.05) is 53.7 Å². The first kappa shape index (κ1) is 18.3. The maximum Gasteiger partial charge on any atom is 0.123 e. The van der Waals surface area contributed by atoms with Gasteiger partial charge in [-0.05, 0) is 46.9 Å². The Hall–Kier alpha value is -1.06. The minimum Gasteiger partial charge on any atom is -0.507 e. The summed E-state index contributed by atoms with van der Waals surface area (Å²) in [5, 5.41) is 20.7. The number of nitrogens with zero attached hydrogens (tertiary/aromatic N) is 1. The number of phenolic OH excluding ortho intramolecular Hbond substituents is 1. The van der Waals surface area contributed by atoms with Crippen LogP contribution >= 0.6 is 0 Å². The number of piperidine rings is 1. The Labute approximate surface area is 141 Å². The lowest BCUT2D eigenvalue weighted by molar-refractivity contribution is 0.0668. The highest BCUT2D eigenvalue weighted by Crippen LogP contribution is 2.40. The molecule has 1 unspecified atom stereocenters. The quantitative estimate of drug-likeness (QED) is 0.867. The van der Waals surface area contributed by atoms with Crippen molar-refractivity contribution >= 4 is 0 Å². The second-order valence-corrected chi connectivity index (χ2v) is 9.07. The van der Waals surface area contributed by atoms with E-state index in [-0.39, 0.29) is 16.9 Å². The van der Waals surface area contributed by atoms with Crippen molar-refractivity contribution in [1.29, 1.82) is 0 Å². The second kappa shape index (κ2) is 6.45. The van der Waals surface area contributed by atoms with Gasteiger partial charge in [0.15, 0.2) is 0 Å². The van der Waals surface area contributed by atoms with E-state index in [0.29, 0.717) is 5.75 Å². The highest BCUT2D eigenvalue weighted by atomic mass is 16.3. The molecule has 1 aromatic rings. The number of benzene rings is 1. The predicted octanol–water partition coefficient (Wildman–Crippen LogP) is 3.94. The van der Waals surface area contributed by atoms with Gasteiger partial charge in [0.2, 0.25) is 0 Å². The SMILES string of the molecule is CC(C)(C)c1cc(CN2CCCC(O)C2)cc(C(C)(C)C)c1O. The van der Waals surface area contributed by atoms with Crippen molar-refractivity contribution in [2.75, 3.05) is 13.1 Å². The average Bonchev–Trinajstić information content (AvgIpc) is 2.38. The molecule has 2 N–H and O–H groups in total. The monoisotopic (exact) mass is 319 g/mol. The summed E-state index contributed by atoms with van der Waals surface area (Å²) in [7, 11) is 0. The maximum absolute atomic E-state index is 10.8. The zero-order valence-electron chi connectivity index (χ0n) is 15.6. The molecule has 1 aromatic carbocycles. The normalized spacial score (nSPS) is 20.7. The second-order valence-electron chi connectivity index (χ2n) is 9.07. The zero-order valence-corrected chi connectivity index (χ0v) is 15.6. The van der Waals surface area contributed by atoms with E-state index < -0.39 is 0 Å². The lowest BCUT2D eigenvalue weighted by Gasteiger charge is -2.32. The van der Waals surface area contributed by atoms with Crippen LogP contribution < -0.4 is 0 Å². The van der Waals surface area contributed by atoms with Crippen molar-refractivity contribution < 1.29 is 10.2 Å². The van der Waals surface area contributed by atoms with Crippen molar-refractivity contribution in [3.63, 3.8) is 0 Å². The minimum atomic E-state index is -0.204. The zero-order chi connectivity index (χ0) is 17.4. The van der Waals surface area contributed by atoms with Crippen LogP contribution in [-0.2, 0) is 17.4 Å². The van der Waals surface area contributed by atoms with Gasteiger partial charge in [0, 0.05) is 13.1 Å². The Morgan fingerprint density at radius 3 is 2.00 bits per heavy atom. The lowest BCUT2D eigenvalue weighted by atomic mass is 9.78. The molecule has 1 saturated heterocycles. The van der Waals surface area contributed by atoms with Gasteiger partial charge in [-0.3, -0.25) is 4.90 Å². The Kier molecular flexibility index (Phi) is 5.12. The van der Waals surface area contributed by atoms with Crippen LogP contribution in [0, 0.1) is 0 Å². The predicted molar refractivity (Wildman–Crippen MR) is 96.0 cm³/mol. The number of phenols is 1. The van der Waals surface area contributed by atoms with Crippen LogP contribution in [-0.4, -0.2) is 34.3 Å². The summed E-state index contributed by atoms with van der Waals surface area (Å²) >= 11 is 0. The first-order valence-corrected chi connectivity index (χ1v) is 8.76. The molecule has 2 rings (SSSR count). The van der Waals surface area contributed by atoms with Crippen molar-refractivity contribution in [1.82, 2.24) is 4.90 Å². The van der Waals surface area contributed by atoms with E-state index in [9.17, 15) is 10.2 Å². The maximum atomic E-state index is 10.8. The summed E-state index contributed by atoms with van der Waals surface area (Å²) in [6.07, 6.45) is 1.76. The van der Waals surface area contributed by atoms with Crippen LogP contribution in [0.15, 0.2) is 12.1 Å². The molecular formula is C20H33NO2. The summed E-state index contributed by atoms with van der Waals surface area (Å²) in [5.41, 5.74) is 3.06. The van der Waals surface area contributed by atoms with Crippen LogP contribution in [0.3, 0.4) is 0 Å². The molecule has 23 heavy (non-hydrogen) atoms. The van der Waals surface area contributed by atoms with Gasteiger partial charge in [0.25, 0.3) is 0 Å². The van der Waals surface area contributed by atoms with Gasteiger partial charge in [0.1, 0.15) is 5.75 Å². The Morgan fingerprint density at radius 1 is 1.04 bits per heavy atom. The molecule has 0 radical (unpaired) electrons. The number of aromatic hydroxyl groups is 1. The van der Waals surface area contributed by atoms with Crippen LogP contribution in [0.2, 0.25) is 0 Å². The van der Waals surface area contributed by atoms with Crippen LogP contribution in [0.1, 0.15) is 71.1 Å². The molecule has 0 amide bonds. The number of aliphatic hydroxyl groups excluding tert-OH is 1. The standard InChI is InChI=1S/C20H33NO2/c1-19(2,3)16-10-14(11-17(18(16)23)20(4,5)6)12-21-9-7-8-15(22)13-21/h10-11,15,22-23H,7-9,12-13H2,1-6H3. The first-order chi connectivity index (χ1) is 10.5. The molecule has 3 heteroatoms. The number of hydrogen-bond donors (Lipinski definition) is 2. The van der Waals surface area contributed by atoms with Crippen LogP contribution in [0.5, 0.6) is 5.75 Å². The number of aliphatic hydroxyl groups is 1. The fourth-order valence-electron chi connectivity index (χ4n) is 3.36. The minimum absolute atomic E-state index is 0.0957. The third kappa shape index (κ3) is 4.48. The van der Waals surface area contributed by atoms with Gasteiger partial charge in [-0.2, -0.15) is 0 Å². The van der Waals surface area contributed by atoms with Gasteiger partial charge in [0.05, 0.1) is 6.10 Å². The van der Waals surface area contributed by atoms with Gasteiger partial charge in [-0.15, -0.1) is 0 Å². The molecule has 0 spiro atoms. The van der Waals surface area contributed by atoms with E-state index in [1.807, 2.05) is 0 Å². The Morgan fingerprint density at radius 2 is 1.57 bits per heavy atom. The summed E-state index contributed by atoms with van der Waals surface area (Å²) in [6, 6.07) is 4.29. The fraction of sp³-hybridized carbons (Fsp3) is 0.700. The van der Waals surface area contributed by atoms with E-state index >= 15 is 0 Å². The van der Waals surface area contributed by atoms with E-state index in [0.717, 1.165) is 43.6 Å². The Balaban J connectivity index is 2.39. The molecule has 1 atom stereocenters. The molecule has 1 heterocycles. The summed E-state index contributed by atoms with van der Waals surface area (Å²) in [6.45, 7) is 15.5. The Bertz CT molecular complexity index is 517. The third-order valence-corrected chi connectivity index (χ3v) is 4.67. The van der Waals surface area contributed by atoms with Crippen molar-refractivity contribution in [2.45, 2.75) is 77.9 Å². The highest BCUT2D eigenvalue weighted by Gasteiger charge is 2.27. The van der Waals surface area contributed by atoms with E-state index in [4.69, 9.17) is 0 Å². The van der Waals surface area contributed by atoms with Gasteiger partial charge >= 0.3 is 0 Å². The molecule has 1 fully saturated rings. The molecule has 3 nitrogen and oxygen atoms in total. The lowest BCUT2D eigenvalue weighted by Crippen LogP contribution is -2.37. The number of β-amino-alcohol motifs (C(OH)–C–C–N with tert-alkyl or cyclic N) is 1. The largest absolute Gasteiger partial charge is 0.507 e. The van der Waals surface area contributed by atoms with E-state index in [1.165, 1.54) is 5.56 Å². The number of rotatable bonds is 2. The highest BCUT2D eigenvalue weighted by molar-refractivity contribution is 5.49. The molecule has 0 bridgehead atoms. The first-order valence-electron chi connectivity index (χ1n) is 8.76. The van der Waals surface area contributed by atoms with E-state index in [2.05, 4.69) is 58.6 Å². The number of likely N-dealkylation sites (tertiary alicyclic amines) is 1. The van der Waals surface area contributed by atoms with Crippen LogP contribution in [0.25, 0.3) is 0 Å². The average molecular weight is 319 g/mol. The molecule has 0 aromatic heterocycles. The molecule has 1 aliphatic rings. The van der Waals surface area contributed by atoms with Crippen molar-refractivity contribution in [3.8, 4) is 5.75 Å². The molecule has 0 saturated carbocycles. The molecule has 130 valence electrons. The molecule has 0 aliphatic carbocycles. The van der Waals surface area contributed by atoms with Crippen molar-refractivity contribution in [3.05, 3.63) is 28.8 Å². The van der Waals surface area contributed by atoms with Gasteiger partial charge in [-0.25, -0.2) is 0 Å². The summed E-state index contributed by atoms with van der Waals surface area (Å²) in [5.74, 6) is 0.437. The van der Waals surface area contributed by atoms with E-state index in [1.54, 1.807) is 0 Å². The topological polar surface area (TPSA) is 43.7 Å². The third-order valence-electron chi connectivity index (χ3n) is 4.67. The van der Waals surface area contributed by atoms with Gasteiger partial charge < -0.3 is 10.2 Å².